The summed E-state index contributed by atoms with van der Waals surface area (Å²) in [6.45, 7) is 4.90. The van der Waals surface area contributed by atoms with Crippen LogP contribution in [-0.4, -0.2) is 41.4 Å². The third-order valence-corrected chi connectivity index (χ3v) is 5.41. The van der Waals surface area contributed by atoms with Gasteiger partial charge in [-0.05, 0) is 45.2 Å². The van der Waals surface area contributed by atoms with E-state index in [1.165, 1.54) is 4.90 Å². The first-order valence-corrected chi connectivity index (χ1v) is 9.73. The van der Waals surface area contributed by atoms with Crippen molar-refractivity contribution in [3.63, 3.8) is 0 Å². The Morgan fingerprint density at radius 3 is 2.52 bits per heavy atom. The highest BCUT2D eigenvalue weighted by Gasteiger charge is 2.51. The van der Waals surface area contributed by atoms with Gasteiger partial charge in [0.15, 0.2) is 0 Å². The summed E-state index contributed by atoms with van der Waals surface area (Å²) in [6, 6.07) is 7.61. The van der Waals surface area contributed by atoms with E-state index in [9.17, 15) is 14.4 Å². The molecule has 2 N–H and O–H groups in total. The van der Waals surface area contributed by atoms with Gasteiger partial charge < -0.3 is 5.32 Å². The molecule has 0 radical (unpaired) electrons. The van der Waals surface area contributed by atoms with E-state index in [4.69, 9.17) is 0 Å². The number of anilines is 1. The molecule has 1 aliphatic heterocycles. The summed E-state index contributed by atoms with van der Waals surface area (Å²) >= 11 is 0. The molecule has 1 heterocycles. The number of amides is 4. The lowest BCUT2D eigenvalue weighted by atomic mass is 9.98. The van der Waals surface area contributed by atoms with Crippen LogP contribution in [0.2, 0.25) is 0 Å². The highest BCUT2D eigenvalue weighted by Crippen LogP contribution is 2.35. The predicted octanol–water partition coefficient (Wildman–Crippen LogP) is 2.50. The molecule has 0 bridgehead atoms. The van der Waals surface area contributed by atoms with E-state index in [1.54, 1.807) is 5.01 Å². The lowest BCUT2D eigenvalue weighted by Gasteiger charge is -2.24. The number of aryl methyl sites for hydroxylation is 1. The number of carbonyl (C=O) groups is 3. The lowest BCUT2D eigenvalue weighted by molar-refractivity contribution is -0.131. The Kier molecular flexibility index (Phi) is 5.68. The van der Waals surface area contributed by atoms with Crippen LogP contribution < -0.4 is 15.8 Å². The third kappa shape index (κ3) is 4.07. The summed E-state index contributed by atoms with van der Waals surface area (Å²) in [7, 11) is 0. The third-order valence-electron chi connectivity index (χ3n) is 5.41. The number of nitrogens with one attached hydrogen (secondary N) is 2. The molecular formula is C20H28N4O3. The molecule has 2 fully saturated rings. The van der Waals surface area contributed by atoms with Crippen molar-refractivity contribution >= 4 is 23.5 Å². The second kappa shape index (κ2) is 7.98. The van der Waals surface area contributed by atoms with Crippen molar-refractivity contribution in [1.29, 1.82) is 0 Å². The minimum Gasteiger partial charge on any atom is -0.323 e. The topological polar surface area (TPSA) is 81.8 Å². The molecule has 0 atom stereocenters. The van der Waals surface area contributed by atoms with Gasteiger partial charge in [0.25, 0.3) is 5.91 Å². The van der Waals surface area contributed by atoms with Gasteiger partial charge in [0.05, 0.1) is 5.69 Å². The van der Waals surface area contributed by atoms with E-state index in [2.05, 4.69) is 10.7 Å². The number of hydrogen-bond acceptors (Lipinski definition) is 4. The van der Waals surface area contributed by atoms with Crippen LogP contribution in [0.25, 0.3) is 0 Å². The maximum Gasteiger partial charge on any atom is 0.325 e. The van der Waals surface area contributed by atoms with E-state index >= 15 is 0 Å². The molecule has 7 heteroatoms. The molecule has 1 aromatic rings. The molecule has 7 nitrogen and oxygen atoms in total. The van der Waals surface area contributed by atoms with Crippen molar-refractivity contribution in [2.75, 3.05) is 18.1 Å². The van der Waals surface area contributed by atoms with Gasteiger partial charge >= 0.3 is 6.03 Å². The number of hydrazine groups is 1. The Hall–Kier alpha value is -2.57. The number of imide groups is 1. The Morgan fingerprint density at radius 1 is 1.22 bits per heavy atom. The standard InChI is InChI=1S/C20H28N4O3/c1-3-24(16-10-8-15(2)9-11-16)22-17(25)7-6-14-23-18(26)20(21-19(23)27)12-4-5-13-20/h8-11H,3-7,12-14H2,1-2H3,(H,21,27)(H,22,25). The van der Waals surface area contributed by atoms with E-state index in [0.29, 0.717) is 13.0 Å². The average molecular weight is 372 g/mol. The molecule has 27 heavy (non-hydrogen) atoms. The Morgan fingerprint density at radius 2 is 1.89 bits per heavy atom. The fourth-order valence-electron chi connectivity index (χ4n) is 3.85. The van der Waals surface area contributed by atoms with Crippen molar-refractivity contribution in [1.82, 2.24) is 15.6 Å². The van der Waals surface area contributed by atoms with Crippen molar-refractivity contribution in [2.24, 2.45) is 0 Å². The van der Waals surface area contributed by atoms with Gasteiger partial charge in [0.1, 0.15) is 5.54 Å². The van der Waals surface area contributed by atoms with Gasteiger partial charge in [-0.3, -0.25) is 24.9 Å². The molecule has 1 saturated heterocycles. The smallest absolute Gasteiger partial charge is 0.323 e. The van der Waals surface area contributed by atoms with Gasteiger partial charge in [-0.1, -0.05) is 30.5 Å². The zero-order valence-corrected chi connectivity index (χ0v) is 16.1. The Bertz CT molecular complexity index is 710. The molecule has 146 valence electrons. The quantitative estimate of drug-likeness (QED) is 0.569. The molecule has 1 saturated carbocycles. The maximum absolute atomic E-state index is 12.6. The van der Waals surface area contributed by atoms with E-state index in [1.807, 2.05) is 38.1 Å². The first kappa shape index (κ1) is 19.2. The number of hydrogen-bond donors (Lipinski definition) is 2. The minimum atomic E-state index is -0.677. The van der Waals surface area contributed by atoms with E-state index in [-0.39, 0.29) is 30.8 Å². The summed E-state index contributed by atoms with van der Waals surface area (Å²) in [6.07, 6.45) is 4.08. The summed E-state index contributed by atoms with van der Waals surface area (Å²) in [5.74, 6) is -0.250. The number of benzene rings is 1. The zero-order chi connectivity index (χ0) is 19.4. The summed E-state index contributed by atoms with van der Waals surface area (Å²) in [5.41, 5.74) is 4.30. The van der Waals surface area contributed by atoms with E-state index in [0.717, 1.165) is 36.9 Å². The fraction of sp³-hybridized carbons (Fsp3) is 0.550. The van der Waals surface area contributed by atoms with E-state index < -0.39 is 5.54 Å². The van der Waals surface area contributed by atoms with Crippen LogP contribution >= 0.6 is 0 Å². The first-order chi connectivity index (χ1) is 12.9. The van der Waals surface area contributed by atoms with Crippen LogP contribution in [0.5, 0.6) is 0 Å². The predicted molar refractivity (Wildman–Crippen MR) is 103 cm³/mol. The minimum absolute atomic E-state index is 0.125. The molecule has 4 amide bonds. The monoisotopic (exact) mass is 372 g/mol. The maximum atomic E-state index is 12.6. The van der Waals surface area contributed by atoms with Crippen LogP contribution in [0.1, 0.15) is 51.0 Å². The second-order valence-corrected chi connectivity index (χ2v) is 7.39. The molecule has 1 aliphatic carbocycles. The van der Waals surface area contributed by atoms with Crippen LogP contribution in [0, 0.1) is 6.92 Å². The van der Waals surface area contributed by atoms with Crippen LogP contribution in [-0.2, 0) is 9.59 Å². The van der Waals surface area contributed by atoms with Gasteiger partial charge in [0, 0.05) is 19.5 Å². The summed E-state index contributed by atoms with van der Waals surface area (Å²) in [5, 5.41) is 4.66. The number of urea groups is 1. The molecule has 1 aromatic carbocycles. The molecule has 3 rings (SSSR count). The fourth-order valence-corrected chi connectivity index (χ4v) is 3.85. The molecular weight excluding hydrogens is 344 g/mol. The highest BCUT2D eigenvalue weighted by molar-refractivity contribution is 6.07. The number of nitrogens with zero attached hydrogens (tertiary/aromatic N) is 2. The zero-order valence-electron chi connectivity index (χ0n) is 16.1. The van der Waals surface area contributed by atoms with Gasteiger partial charge in [-0.15, -0.1) is 0 Å². The lowest BCUT2D eigenvalue weighted by Crippen LogP contribution is -2.44. The van der Waals surface area contributed by atoms with Gasteiger partial charge in [-0.25, -0.2) is 4.79 Å². The van der Waals surface area contributed by atoms with Crippen LogP contribution in [0.15, 0.2) is 24.3 Å². The van der Waals surface area contributed by atoms with Crippen molar-refractivity contribution < 1.29 is 14.4 Å². The van der Waals surface area contributed by atoms with Crippen molar-refractivity contribution in [3.05, 3.63) is 29.8 Å². The largest absolute Gasteiger partial charge is 0.325 e. The molecule has 2 aliphatic rings. The first-order valence-electron chi connectivity index (χ1n) is 9.73. The van der Waals surface area contributed by atoms with Gasteiger partial charge in [0.2, 0.25) is 5.91 Å². The SMILES string of the molecule is CCN(NC(=O)CCCN1C(=O)NC2(CCCC2)C1=O)c1ccc(C)cc1. The van der Waals surface area contributed by atoms with Crippen molar-refractivity contribution in [2.45, 2.75) is 57.9 Å². The average Bonchev–Trinajstić information content (AvgIpc) is 3.21. The van der Waals surface area contributed by atoms with Crippen LogP contribution in [0.4, 0.5) is 10.5 Å². The molecule has 1 spiro atoms. The number of carbonyl (C=O) groups excluding carboxylic acids is 3. The van der Waals surface area contributed by atoms with Gasteiger partial charge in [-0.2, -0.15) is 0 Å². The molecule has 0 unspecified atom stereocenters. The highest BCUT2D eigenvalue weighted by atomic mass is 16.2. The summed E-state index contributed by atoms with van der Waals surface area (Å²) < 4.78 is 0. The Balaban J connectivity index is 1.48. The normalized spacial score (nSPS) is 18.1. The van der Waals surface area contributed by atoms with Crippen molar-refractivity contribution in [3.8, 4) is 0 Å². The Labute approximate surface area is 160 Å². The summed E-state index contributed by atoms with van der Waals surface area (Å²) in [4.78, 5) is 38.3. The number of rotatable bonds is 7. The second-order valence-electron chi connectivity index (χ2n) is 7.39. The molecule has 0 aromatic heterocycles. The van der Waals surface area contributed by atoms with Crippen LogP contribution in [0.3, 0.4) is 0 Å².